The fraction of sp³-hybridized carbons (Fsp3) is 0.583. The minimum Gasteiger partial charge on any atom is -0.466 e. The Hall–Kier alpha value is -1.65. The van der Waals surface area contributed by atoms with Crippen LogP contribution in [0.3, 0.4) is 0 Å². The van der Waals surface area contributed by atoms with Gasteiger partial charge in [0.15, 0.2) is 5.78 Å². The highest BCUT2D eigenvalue weighted by molar-refractivity contribution is 6.21. The molecule has 0 radical (unpaired) electrons. The number of hydrogen-bond acceptors (Lipinski definition) is 5. The maximum absolute atomic E-state index is 11.7. The summed E-state index contributed by atoms with van der Waals surface area (Å²) in [5.74, 6) is -2.10. The third-order valence-corrected chi connectivity index (χ3v) is 2.64. The highest BCUT2D eigenvalue weighted by Crippen LogP contribution is 2.30. The zero-order valence-electron chi connectivity index (χ0n) is 10.2. The normalized spacial score (nSPS) is 19.5. The van der Waals surface area contributed by atoms with Crippen molar-refractivity contribution in [1.29, 1.82) is 0 Å². The predicted molar refractivity (Wildman–Crippen MR) is 59.1 cm³/mol. The van der Waals surface area contributed by atoms with E-state index in [2.05, 4.69) is 0 Å². The van der Waals surface area contributed by atoms with Gasteiger partial charge >= 0.3 is 11.9 Å². The first-order valence-corrected chi connectivity index (χ1v) is 5.60. The molecule has 0 bridgehead atoms. The average molecular weight is 240 g/mol. The van der Waals surface area contributed by atoms with Gasteiger partial charge in [0.05, 0.1) is 19.1 Å². The molecule has 0 aromatic heterocycles. The van der Waals surface area contributed by atoms with Crippen molar-refractivity contribution in [2.45, 2.75) is 27.2 Å². The molecule has 1 rings (SSSR count). The molecule has 1 atom stereocenters. The smallest absolute Gasteiger partial charge is 0.341 e. The van der Waals surface area contributed by atoms with E-state index in [1.165, 1.54) is 0 Å². The van der Waals surface area contributed by atoms with E-state index in [0.717, 1.165) is 0 Å². The number of Topliss-reactive ketones (excluding diaryl/α,β-unsaturated/α-hetero) is 1. The first kappa shape index (κ1) is 13.4. The van der Waals surface area contributed by atoms with Crippen molar-refractivity contribution in [2.75, 3.05) is 13.2 Å². The molecular formula is C12H16O5. The van der Waals surface area contributed by atoms with Gasteiger partial charge in [0, 0.05) is 6.42 Å². The van der Waals surface area contributed by atoms with Crippen LogP contribution in [-0.2, 0) is 23.9 Å². The summed E-state index contributed by atoms with van der Waals surface area (Å²) in [5.41, 5.74) is 0.455. The number of ether oxygens (including phenoxy) is 2. The fourth-order valence-electron chi connectivity index (χ4n) is 1.82. The standard InChI is InChI=1S/C12H16O5/c1-4-16-11(14)8-6-9(13)10(7(8)3)12(15)17-5-2/h8H,4-6H2,1-3H3/t8-/m0/s1. The van der Waals surface area contributed by atoms with Gasteiger partial charge in [-0.1, -0.05) is 0 Å². The molecule has 0 aromatic rings. The number of hydrogen-bond donors (Lipinski definition) is 0. The van der Waals surface area contributed by atoms with Crippen molar-refractivity contribution < 1.29 is 23.9 Å². The van der Waals surface area contributed by atoms with E-state index in [-0.39, 0.29) is 31.0 Å². The van der Waals surface area contributed by atoms with Crippen molar-refractivity contribution in [3.05, 3.63) is 11.1 Å². The van der Waals surface area contributed by atoms with Gasteiger partial charge in [0.2, 0.25) is 0 Å². The van der Waals surface area contributed by atoms with Gasteiger partial charge < -0.3 is 9.47 Å². The van der Waals surface area contributed by atoms with Crippen LogP contribution in [0.5, 0.6) is 0 Å². The van der Waals surface area contributed by atoms with Crippen LogP contribution in [0.1, 0.15) is 27.2 Å². The molecule has 17 heavy (non-hydrogen) atoms. The molecule has 0 fully saturated rings. The summed E-state index contributed by atoms with van der Waals surface area (Å²) in [6.07, 6.45) is -0.00118. The fourth-order valence-corrected chi connectivity index (χ4v) is 1.82. The maximum atomic E-state index is 11.7. The van der Waals surface area contributed by atoms with Crippen LogP contribution in [0.4, 0.5) is 0 Å². The Morgan fingerprint density at radius 1 is 1.24 bits per heavy atom. The summed E-state index contributed by atoms with van der Waals surface area (Å²) in [4.78, 5) is 34.8. The molecule has 0 unspecified atom stereocenters. The summed E-state index contributed by atoms with van der Waals surface area (Å²) in [6, 6.07) is 0. The van der Waals surface area contributed by atoms with E-state index in [1.54, 1.807) is 20.8 Å². The van der Waals surface area contributed by atoms with Gasteiger partial charge in [0.1, 0.15) is 5.57 Å². The van der Waals surface area contributed by atoms with Crippen LogP contribution in [0.25, 0.3) is 0 Å². The lowest BCUT2D eigenvalue weighted by atomic mass is 10.0. The van der Waals surface area contributed by atoms with Crippen LogP contribution in [-0.4, -0.2) is 30.9 Å². The molecule has 0 aliphatic heterocycles. The first-order chi connectivity index (χ1) is 8.02. The molecule has 94 valence electrons. The summed E-state index contributed by atoms with van der Waals surface area (Å²) in [5, 5.41) is 0. The molecule has 0 spiro atoms. The number of carbonyl (C=O) groups is 3. The van der Waals surface area contributed by atoms with E-state index < -0.39 is 17.9 Å². The first-order valence-electron chi connectivity index (χ1n) is 5.60. The van der Waals surface area contributed by atoms with Crippen molar-refractivity contribution in [3.63, 3.8) is 0 Å². The third-order valence-electron chi connectivity index (χ3n) is 2.64. The highest BCUT2D eigenvalue weighted by Gasteiger charge is 2.38. The Balaban J connectivity index is 2.92. The molecular weight excluding hydrogens is 224 g/mol. The minimum absolute atomic E-state index is 0.00118. The molecule has 0 saturated carbocycles. The monoisotopic (exact) mass is 240 g/mol. The second kappa shape index (κ2) is 5.61. The summed E-state index contributed by atoms with van der Waals surface area (Å²) >= 11 is 0. The van der Waals surface area contributed by atoms with E-state index in [1.807, 2.05) is 0 Å². The Kier molecular flexibility index (Phi) is 4.43. The van der Waals surface area contributed by atoms with Crippen LogP contribution < -0.4 is 0 Å². The number of carbonyl (C=O) groups excluding carboxylic acids is 3. The topological polar surface area (TPSA) is 69.7 Å². The molecule has 0 aromatic carbocycles. The molecule has 1 aliphatic carbocycles. The van der Waals surface area contributed by atoms with E-state index >= 15 is 0 Å². The SMILES string of the molecule is CCOC(=O)C1=C(C)[C@@H](C(=O)OCC)CC1=O. The molecule has 5 heteroatoms. The summed E-state index contributed by atoms with van der Waals surface area (Å²) in [7, 11) is 0. The Morgan fingerprint density at radius 3 is 2.35 bits per heavy atom. The van der Waals surface area contributed by atoms with Gasteiger partial charge in [-0.05, 0) is 26.3 Å². The lowest BCUT2D eigenvalue weighted by Gasteiger charge is -2.09. The second-order valence-corrected chi connectivity index (χ2v) is 3.71. The lowest BCUT2D eigenvalue weighted by Crippen LogP contribution is -2.17. The van der Waals surface area contributed by atoms with Crippen molar-refractivity contribution in [1.82, 2.24) is 0 Å². The van der Waals surface area contributed by atoms with E-state index in [9.17, 15) is 14.4 Å². The van der Waals surface area contributed by atoms with Crippen LogP contribution in [0.2, 0.25) is 0 Å². The summed E-state index contributed by atoms with van der Waals surface area (Å²) < 4.78 is 9.64. The molecule has 1 aliphatic rings. The van der Waals surface area contributed by atoms with Crippen LogP contribution >= 0.6 is 0 Å². The molecule has 0 N–H and O–H groups in total. The van der Waals surface area contributed by atoms with Crippen molar-refractivity contribution >= 4 is 17.7 Å². The third kappa shape index (κ3) is 2.72. The second-order valence-electron chi connectivity index (χ2n) is 3.71. The quantitative estimate of drug-likeness (QED) is 0.542. The molecule has 5 nitrogen and oxygen atoms in total. The number of rotatable bonds is 4. The van der Waals surface area contributed by atoms with Gasteiger partial charge in [-0.2, -0.15) is 0 Å². The number of esters is 2. The Morgan fingerprint density at radius 2 is 1.82 bits per heavy atom. The van der Waals surface area contributed by atoms with Gasteiger partial charge in [-0.15, -0.1) is 0 Å². The Labute approximate surface area is 99.8 Å². The Bertz CT molecular complexity index is 380. The van der Waals surface area contributed by atoms with Crippen LogP contribution in [0.15, 0.2) is 11.1 Å². The predicted octanol–water partition coefficient (Wildman–Crippen LogP) is 1.02. The zero-order valence-corrected chi connectivity index (χ0v) is 10.2. The molecule has 0 amide bonds. The molecule has 0 heterocycles. The van der Waals surface area contributed by atoms with Gasteiger partial charge in [-0.3, -0.25) is 9.59 Å². The van der Waals surface area contributed by atoms with Crippen molar-refractivity contribution in [2.24, 2.45) is 5.92 Å². The van der Waals surface area contributed by atoms with E-state index in [4.69, 9.17) is 9.47 Å². The van der Waals surface area contributed by atoms with Crippen LogP contribution in [0, 0.1) is 5.92 Å². The summed E-state index contributed by atoms with van der Waals surface area (Å²) in [6.45, 7) is 5.41. The lowest BCUT2D eigenvalue weighted by molar-refractivity contribution is -0.147. The maximum Gasteiger partial charge on any atom is 0.341 e. The average Bonchev–Trinajstić information content (AvgIpc) is 2.55. The number of ketones is 1. The van der Waals surface area contributed by atoms with Gasteiger partial charge in [-0.25, -0.2) is 4.79 Å². The molecule has 0 saturated heterocycles. The van der Waals surface area contributed by atoms with Crippen molar-refractivity contribution in [3.8, 4) is 0 Å². The van der Waals surface area contributed by atoms with Gasteiger partial charge in [0.25, 0.3) is 0 Å². The largest absolute Gasteiger partial charge is 0.466 e. The highest BCUT2D eigenvalue weighted by atomic mass is 16.5. The zero-order chi connectivity index (χ0) is 13.0. The van der Waals surface area contributed by atoms with E-state index in [0.29, 0.717) is 5.57 Å². The minimum atomic E-state index is -0.651.